The van der Waals surface area contributed by atoms with Gasteiger partial charge in [-0.3, -0.25) is 0 Å². The molecular weight excluding hydrogens is 268 g/mol. The maximum absolute atomic E-state index is 9.06. The number of aromatic nitrogens is 1. The van der Waals surface area contributed by atoms with Crippen molar-refractivity contribution in [2.45, 2.75) is 38.7 Å². The average Bonchev–Trinajstić information content (AvgIpc) is 2.53. The molecule has 1 aromatic rings. The topological polar surface area (TPSA) is 84.0 Å². The Morgan fingerprint density at radius 3 is 3.05 bits per heavy atom. The molecule has 0 radical (unpaired) electrons. The van der Waals surface area contributed by atoms with E-state index >= 15 is 0 Å². The first-order chi connectivity index (χ1) is 10.2. The second-order valence-electron chi connectivity index (χ2n) is 5.79. The number of fused-ring (bicyclic) bond motifs is 1. The minimum absolute atomic E-state index is 0.130. The van der Waals surface area contributed by atoms with Gasteiger partial charge in [0.1, 0.15) is 5.82 Å². The van der Waals surface area contributed by atoms with E-state index in [9.17, 15) is 0 Å². The van der Waals surface area contributed by atoms with Crippen molar-refractivity contribution < 1.29 is 9.94 Å². The highest BCUT2D eigenvalue weighted by atomic mass is 16.5. The summed E-state index contributed by atoms with van der Waals surface area (Å²) in [5.74, 6) is 0.950. The number of nitrogens with zero attached hydrogens (tertiary/aromatic N) is 3. The van der Waals surface area contributed by atoms with Crippen molar-refractivity contribution in [1.29, 1.82) is 0 Å². The number of ether oxygens (including phenoxy) is 1. The number of nitrogens with two attached hydrogens (primary N) is 1. The molecule has 2 heterocycles. The van der Waals surface area contributed by atoms with Crippen LogP contribution in [0.3, 0.4) is 0 Å². The maximum atomic E-state index is 9.06. The summed E-state index contributed by atoms with van der Waals surface area (Å²) >= 11 is 0. The molecule has 114 valence electrons. The monoisotopic (exact) mass is 290 g/mol. The third kappa shape index (κ3) is 2.81. The van der Waals surface area contributed by atoms with Gasteiger partial charge in [-0.1, -0.05) is 5.16 Å². The molecule has 0 spiro atoms. The first-order valence-corrected chi connectivity index (χ1v) is 7.56. The van der Waals surface area contributed by atoms with Gasteiger partial charge < -0.3 is 20.6 Å². The van der Waals surface area contributed by atoms with Gasteiger partial charge in [0.15, 0.2) is 5.84 Å². The van der Waals surface area contributed by atoms with Crippen LogP contribution in [0.5, 0.6) is 0 Å². The molecule has 1 aliphatic carbocycles. The standard InChI is InChI=1S/C15H22N4O2/c1-10-9-19(6-7-21-10)15-12(14(16)18-20)8-11-4-2-3-5-13(11)17-15/h8,10,20H,2-7,9H2,1H3,(H2,16,18). The Labute approximate surface area is 124 Å². The number of amidine groups is 1. The molecule has 1 atom stereocenters. The highest BCUT2D eigenvalue weighted by Crippen LogP contribution is 2.27. The number of rotatable bonds is 2. The van der Waals surface area contributed by atoms with E-state index in [-0.39, 0.29) is 11.9 Å². The smallest absolute Gasteiger partial charge is 0.173 e. The summed E-state index contributed by atoms with van der Waals surface area (Å²) in [4.78, 5) is 7.02. The highest BCUT2D eigenvalue weighted by Gasteiger charge is 2.24. The Bertz CT molecular complexity index is 559. The second kappa shape index (κ2) is 5.89. The van der Waals surface area contributed by atoms with E-state index < -0.39 is 0 Å². The van der Waals surface area contributed by atoms with Crippen LogP contribution in [0.2, 0.25) is 0 Å². The van der Waals surface area contributed by atoms with E-state index in [1.54, 1.807) is 0 Å². The number of hydrogen-bond acceptors (Lipinski definition) is 5. The van der Waals surface area contributed by atoms with Gasteiger partial charge in [0, 0.05) is 18.8 Å². The molecular formula is C15H22N4O2. The number of pyridine rings is 1. The molecule has 1 aromatic heterocycles. The summed E-state index contributed by atoms with van der Waals surface area (Å²) < 4.78 is 5.59. The summed E-state index contributed by atoms with van der Waals surface area (Å²) in [6.45, 7) is 4.28. The van der Waals surface area contributed by atoms with E-state index in [0.29, 0.717) is 6.61 Å². The maximum Gasteiger partial charge on any atom is 0.173 e. The Balaban J connectivity index is 2.03. The fourth-order valence-electron chi connectivity index (χ4n) is 3.12. The SMILES string of the molecule is CC1CN(c2nc3c(cc2C(N)=NO)CCCC3)CCO1. The molecule has 0 amide bonds. The molecule has 0 saturated carbocycles. The molecule has 6 nitrogen and oxygen atoms in total. The van der Waals surface area contributed by atoms with Crippen molar-refractivity contribution in [1.82, 2.24) is 4.98 Å². The van der Waals surface area contributed by atoms with Gasteiger partial charge in [-0.15, -0.1) is 0 Å². The number of hydrogen-bond donors (Lipinski definition) is 2. The van der Waals surface area contributed by atoms with Gasteiger partial charge in [0.05, 0.1) is 18.3 Å². The van der Waals surface area contributed by atoms with Crippen LogP contribution in [0, 0.1) is 0 Å². The molecule has 1 aliphatic heterocycles. The molecule has 1 saturated heterocycles. The Hall–Kier alpha value is -1.82. The zero-order chi connectivity index (χ0) is 14.8. The predicted molar refractivity (Wildman–Crippen MR) is 81.0 cm³/mol. The first kappa shape index (κ1) is 14.1. The molecule has 1 fully saturated rings. The Morgan fingerprint density at radius 2 is 2.29 bits per heavy atom. The van der Waals surface area contributed by atoms with Crippen LogP contribution in [-0.4, -0.2) is 41.8 Å². The fraction of sp³-hybridized carbons (Fsp3) is 0.600. The summed E-state index contributed by atoms with van der Waals surface area (Å²) in [7, 11) is 0. The Morgan fingerprint density at radius 1 is 1.48 bits per heavy atom. The van der Waals surface area contributed by atoms with Crippen LogP contribution >= 0.6 is 0 Å². The number of morpholine rings is 1. The second-order valence-corrected chi connectivity index (χ2v) is 5.79. The lowest BCUT2D eigenvalue weighted by Gasteiger charge is -2.34. The van der Waals surface area contributed by atoms with E-state index in [2.05, 4.69) is 10.1 Å². The number of aryl methyl sites for hydroxylation is 2. The number of anilines is 1. The van der Waals surface area contributed by atoms with Crippen molar-refractivity contribution in [2.75, 3.05) is 24.6 Å². The average molecular weight is 290 g/mol. The van der Waals surface area contributed by atoms with Crippen molar-refractivity contribution in [3.05, 3.63) is 22.9 Å². The molecule has 21 heavy (non-hydrogen) atoms. The summed E-state index contributed by atoms with van der Waals surface area (Å²) in [6, 6.07) is 2.05. The lowest BCUT2D eigenvalue weighted by molar-refractivity contribution is 0.0529. The van der Waals surface area contributed by atoms with Crippen molar-refractivity contribution in [3.63, 3.8) is 0 Å². The predicted octanol–water partition coefficient (Wildman–Crippen LogP) is 1.28. The number of oxime groups is 1. The largest absolute Gasteiger partial charge is 0.409 e. The zero-order valence-corrected chi connectivity index (χ0v) is 12.4. The normalized spacial score (nSPS) is 23.0. The highest BCUT2D eigenvalue weighted by molar-refractivity contribution is 6.01. The summed E-state index contributed by atoms with van der Waals surface area (Å²) in [6.07, 6.45) is 4.56. The molecule has 3 N–H and O–H groups in total. The zero-order valence-electron chi connectivity index (χ0n) is 12.4. The van der Waals surface area contributed by atoms with Crippen LogP contribution < -0.4 is 10.6 Å². The third-order valence-corrected chi connectivity index (χ3v) is 4.20. The van der Waals surface area contributed by atoms with Gasteiger partial charge in [-0.05, 0) is 44.2 Å². The molecule has 1 unspecified atom stereocenters. The van der Waals surface area contributed by atoms with Crippen molar-refractivity contribution in [3.8, 4) is 0 Å². The third-order valence-electron chi connectivity index (χ3n) is 4.20. The van der Waals surface area contributed by atoms with Crippen molar-refractivity contribution >= 4 is 11.7 Å². The lowest BCUT2D eigenvalue weighted by atomic mass is 9.94. The molecule has 0 bridgehead atoms. The quantitative estimate of drug-likeness (QED) is 0.371. The van der Waals surface area contributed by atoms with Gasteiger partial charge in [-0.25, -0.2) is 4.98 Å². The van der Waals surface area contributed by atoms with E-state index in [0.717, 1.165) is 43.0 Å². The van der Waals surface area contributed by atoms with E-state index in [4.69, 9.17) is 20.7 Å². The van der Waals surface area contributed by atoms with Gasteiger partial charge in [0.25, 0.3) is 0 Å². The minimum Gasteiger partial charge on any atom is -0.409 e. The lowest BCUT2D eigenvalue weighted by Crippen LogP contribution is -2.42. The van der Waals surface area contributed by atoms with E-state index in [1.807, 2.05) is 13.0 Å². The van der Waals surface area contributed by atoms with Crippen LogP contribution in [-0.2, 0) is 17.6 Å². The van der Waals surface area contributed by atoms with Crippen LogP contribution in [0.1, 0.15) is 36.6 Å². The summed E-state index contributed by atoms with van der Waals surface area (Å²) in [5.41, 5.74) is 8.99. The molecule has 2 aliphatic rings. The molecule has 0 aromatic carbocycles. The summed E-state index contributed by atoms with van der Waals surface area (Å²) in [5, 5.41) is 12.2. The minimum atomic E-state index is 0.130. The van der Waals surface area contributed by atoms with Crippen molar-refractivity contribution in [2.24, 2.45) is 10.9 Å². The first-order valence-electron chi connectivity index (χ1n) is 7.56. The molecule has 3 rings (SSSR count). The Kier molecular flexibility index (Phi) is 3.96. The van der Waals surface area contributed by atoms with Gasteiger partial charge in [0.2, 0.25) is 0 Å². The van der Waals surface area contributed by atoms with Crippen LogP contribution in [0.4, 0.5) is 5.82 Å². The van der Waals surface area contributed by atoms with Crippen LogP contribution in [0.15, 0.2) is 11.2 Å². The van der Waals surface area contributed by atoms with Crippen LogP contribution in [0.25, 0.3) is 0 Å². The fourth-order valence-corrected chi connectivity index (χ4v) is 3.12. The van der Waals surface area contributed by atoms with Gasteiger partial charge >= 0.3 is 0 Å². The van der Waals surface area contributed by atoms with Gasteiger partial charge in [-0.2, -0.15) is 0 Å². The molecule has 6 heteroatoms. The van der Waals surface area contributed by atoms with E-state index in [1.165, 1.54) is 18.4 Å².